The van der Waals surface area contributed by atoms with E-state index in [1.807, 2.05) is 51.1 Å². The summed E-state index contributed by atoms with van der Waals surface area (Å²) in [6.07, 6.45) is 1.45. The predicted molar refractivity (Wildman–Crippen MR) is 159 cm³/mol. The van der Waals surface area contributed by atoms with E-state index in [-0.39, 0.29) is 5.57 Å². The van der Waals surface area contributed by atoms with Gasteiger partial charge < -0.3 is 9.47 Å². The Morgan fingerprint density at radius 2 is 1.62 bits per heavy atom. The fourth-order valence-electron chi connectivity index (χ4n) is 4.78. The van der Waals surface area contributed by atoms with Gasteiger partial charge in [-0.2, -0.15) is 0 Å². The lowest BCUT2D eigenvalue weighted by Gasteiger charge is -2.27. The molecule has 1 aliphatic heterocycles. The number of hydrogen-bond donors (Lipinski definition) is 1. The van der Waals surface area contributed by atoms with Crippen LogP contribution in [0.25, 0.3) is 16.8 Å². The van der Waals surface area contributed by atoms with E-state index in [4.69, 9.17) is 9.47 Å². The van der Waals surface area contributed by atoms with Gasteiger partial charge in [0.25, 0.3) is 11.8 Å². The third-order valence-corrected chi connectivity index (χ3v) is 7.05. The predicted octanol–water partition coefficient (Wildman–Crippen LogP) is 6.86. The van der Waals surface area contributed by atoms with E-state index in [1.165, 1.54) is 6.08 Å². The molecule has 202 valence electrons. The molecular weight excluding hydrogens is 572 g/mol. The first-order valence-electron chi connectivity index (χ1n) is 12.8. The molecule has 1 saturated heterocycles. The highest BCUT2D eigenvalue weighted by molar-refractivity contribution is 9.10. The standard InChI is InChI=1S/C32H27BrN2O5/c1-4-39-28-17-21(16-27(33)29(28)40-18-23-10-7-9-22-8-5-6-11-25(22)23)15-26-30(36)34-32(38)35(31(26)37)24-13-19(2)12-20(3)14-24/h5-17H,4,18H2,1-3H3,(H,34,36,38)/b26-15+. The summed E-state index contributed by atoms with van der Waals surface area (Å²) in [7, 11) is 0. The Kier molecular flexibility index (Phi) is 7.71. The zero-order valence-corrected chi connectivity index (χ0v) is 23.9. The average molecular weight is 599 g/mol. The molecule has 1 fully saturated rings. The maximum absolute atomic E-state index is 13.4. The molecule has 0 spiro atoms. The van der Waals surface area contributed by atoms with Crippen molar-refractivity contribution in [1.82, 2.24) is 5.32 Å². The summed E-state index contributed by atoms with van der Waals surface area (Å²) in [5.74, 6) is -0.511. The number of nitrogens with one attached hydrogen (secondary N) is 1. The molecule has 4 amide bonds. The highest BCUT2D eigenvalue weighted by Crippen LogP contribution is 2.39. The van der Waals surface area contributed by atoms with Crippen LogP contribution in [-0.2, 0) is 16.2 Å². The van der Waals surface area contributed by atoms with Crippen LogP contribution >= 0.6 is 15.9 Å². The number of ether oxygens (including phenoxy) is 2. The van der Waals surface area contributed by atoms with E-state index in [0.29, 0.717) is 40.4 Å². The van der Waals surface area contributed by atoms with Gasteiger partial charge in [-0.05, 0) is 100 Å². The third-order valence-electron chi connectivity index (χ3n) is 6.46. The van der Waals surface area contributed by atoms with Gasteiger partial charge in [0.05, 0.1) is 16.8 Å². The number of urea groups is 1. The van der Waals surface area contributed by atoms with Gasteiger partial charge in [0.1, 0.15) is 12.2 Å². The Morgan fingerprint density at radius 3 is 2.38 bits per heavy atom. The average Bonchev–Trinajstić information content (AvgIpc) is 2.90. The fourth-order valence-corrected chi connectivity index (χ4v) is 5.36. The molecular formula is C32H27BrN2O5. The third kappa shape index (κ3) is 5.49. The van der Waals surface area contributed by atoms with Gasteiger partial charge in [0, 0.05) is 0 Å². The van der Waals surface area contributed by atoms with E-state index in [0.717, 1.165) is 32.4 Å². The van der Waals surface area contributed by atoms with Gasteiger partial charge in [-0.1, -0.05) is 48.5 Å². The number of anilines is 1. The van der Waals surface area contributed by atoms with Crippen LogP contribution in [0.2, 0.25) is 0 Å². The Hall–Kier alpha value is -4.43. The minimum atomic E-state index is -0.787. The number of halogens is 1. The number of aryl methyl sites for hydroxylation is 2. The number of benzene rings is 4. The summed E-state index contributed by atoms with van der Waals surface area (Å²) in [6, 6.07) is 22.2. The molecule has 4 aromatic carbocycles. The lowest BCUT2D eigenvalue weighted by molar-refractivity contribution is -0.122. The summed E-state index contributed by atoms with van der Waals surface area (Å²) >= 11 is 3.58. The first kappa shape index (κ1) is 27.1. The molecule has 8 heteroatoms. The topological polar surface area (TPSA) is 84.9 Å². The number of fused-ring (bicyclic) bond motifs is 1. The second kappa shape index (κ2) is 11.4. The van der Waals surface area contributed by atoms with Crippen molar-refractivity contribution in [2.45, 2.75) is 27.4 Å². The number of hydrogen-bond acceptors (Lipinski definition) is 5. The van der Waals surface area contributed by atoms with Crippen LogP contribution in [0.1, 0.15) is 29.2 Å². The van der Waals surface area contributed by atoms with E-state index >= 15 is 0 Å². The van der Waals surface area contributed by atoms with E-state index in [9.17, 15) is 14.4 Å². The molecule has 4 aromatic rings. The Bertz CT molecular complexity index is 1670. The van der Waals surface area contributed by atoms with Crippen LogP contribution in [-0.4, -0.2) is 24.5 Å². The molecule has 0 unspecified atom stereocenters. The van der Waals surface area contributed by atoms with E-state index < -0.39 is 17.8 Å². The van der Waals surface area contributed by atoms with Crippen molar-refractivity contribution in [3.63, 3.8) is 0 Å². The first-order valence-corrected chi connectivity index (χ1v) is 13.6. The minimum Gasteiger partial charge on any atom is -0.490 e. The monoisotopic (exact) mass is 598 g/mol. The molecule has 0 aromatic heterocycles. The van der Waals surface area contributed by atoms with Crippen molar-refractivity contribution in [1.29, 1.82) is 0 Å². The normalized spacial score (nSPS) is 14.6. The zero-order valence-electron chi connectivity index (χ0n) is 22.3. The fraction of sp³-hybridized carbons (Fsp3) is 0.156. The molecule has 1 aliphatic rings. The van der Waals surface area contributed by atoms with E-state index in [1.54, 1.807) is 24.3 Å². The van der Waals surface area contributed by atoms with Crippen LogP contribution in [0.5, 0.6) is 11.5 Å². The maximum Gasteiger partial charge on any atom is 0.335 e. The van der Waals surface area contributed by atoms with Gasteiger partial charge >= 0.3 is 6.03 Å². The number of carbonyl (C=O) groups excluding carboxylic acids is 3. The number of carbonyl (C=O) groups is 3. The van der Waals surface area contributed by atoms with Crippen LogP contribution in [0, 0.1) is 13.8 Å². The van der Waals surface area contributed by atoms with Gasteiger partial charge in [-0.25, -0.2) is 9.69 Å². The molecule has 0 aliphatic carbocycles. The van der Waals surface area contributed by atoms with Crippen molar-refractivity contribution in [2.75, 3.05) is 11.5 Å². The molecule has 0 bridgehead atoms. The van der Waals surface area contributed by atoms with Gasteiger partial charge in [0.2, 0.25) is 0 Å². The van der Waals surface area contributed by atoms with Crippen molar-refractivity contribution in [2.24, 2.45) is 0 Å². The van der Waals surface area contributed by atoms with Crippen LogP contribution in [0.3, 0.4) is 0 Å². The van der Waals surface area contributed by atoms with Gasteiger partial charge in [0.15, 0.2) is 11.5 Å². The highest BCUT2D eigenvalue weighted by atomic mass is 79.9. The summed E-state index contributed by atoms with van der Waals surface area (Å²) in [6.45, 7) is 6.31. The second-order valence-electron chi connectivity index (χ2n) is 9.49. The smallest absolute Gasteiger partial charge is 0.335 e. The number of nitrogens with zero attached hydrogens (tertiary/aromatic N) is 1. The quantitative estimate of drug-likeness (QED) is 0.185. The number of rotatable bonds is 7. The summed E-state index contributed by atoms with van der Waals surface area (Å²) in [5, 5.41) is 4.50. The highest BCUT2D eigenvalue weighted by Gasteiger charge is 2.37. The lowest BCUT2D eigenvalue weighted by atomic mass is 10.0. The molecule has 1 N–H and O–H groups in total. The summed E-state index contributed by atoms with van der Waals surface area (Å²) in [5.41, 5.74) is 3.56. The molecule has 40 heavy (non-hydrogen) atoms. The summed E-state index contributed by atoms with van der Waals surface area (Å²) in [4.78, 5) is 39.8. The first-order chi connectivity index (χ1) is 19.2. The van der Waals surface area contributed by atoms with Gasteiger partial charge in [-0.3, -0.25) is 14.9 Å². The molecule has 1 heterocycles. The second-order valence-corrected chi connectivity index (χ2v) is 10.3. The van der Waals surface area contributed by atoms with Crippen LogP contribution in [0.4, 0.5) is 10.5 Å². The maximum atomic E-state index is 13.4. The van der Waals surface area contributed by atoms with Crippen LogP contribution in [0.15, 0.2) is 82.8 Å². The van der Waals surface area contributed by atoms with Crippen molar-refractivity contribution < 1.29 is 23.9 Å². The Morgan fingerprint density at radius 1 is 0.900 bits per heavy atom. The molecule has 5 rings (SSSR count). The minimum absolute atomic E-state index is 0.169. The lowest BCUT2D eigenvalue weighted by Crippen LogP contribution is -2.54. The van der Waals surface area contributed by atoms with E-state index in [2.05, 4.69) is 39.4 Å². The molecule has 7 nitrogen and oxygen atoms in total. The molecule has 0 radical (unpaired) electrons. The van der Waals surface area contributed by atoms with Crippen molar-refractivity contribution in [3.8, 4) is 11.5 Å². The van der Waals surface area contributed by atoms with Gasteiger partial charge in [-0.15, -0.1) is 0 Å². The van der Waals surface area contributed by atoms with Crippen molar-refractivity contribution >= 4 is 56.3 Å². The number of amides is 4. The summed E-state index contributed by atoms with van der Waals surface area (Å²) < 4.78 is 12.7. The molecule has 0 atom stereocenters. The SMILES string of the molecule is CCOc1cc(/C=C2\C(=O)NC(=O)N(c3cc(C)cc(C)c3)C2=O)cc(Br)c1OCc1cccc2ccccc12. The molecule has 0 saturated carbocycles. The largest absolute Gasteiger partial charge is 0.490 e. The van der Waals surface area contributed by atoms with Crippen LogP contribution < -0.4 is 19.7 Å². The number of barbiturate groups is 1. The Balaban J connectivity index is 1.47. The van der Waals surface area contributed by atoms with Crippen molar-refractivity contribution in [3.05, 3.63) is 105 Å². The zero-order chi connectivity index (χ0) is 28.4. The number of imide groups is 2. The Labute approximate surface area is 240 Å².